The van der Waals surface area contributed by atoms with Gasteiger partial charge in [0.1, 0.15) is 5.75 Å². The summed E-state index contributed by atoms with van der Waals surface area (Å²) in [5, 5.41) is 0.459. The van der Waals surface area contributed by atoms with E-state index in [2.05, 4.69) is 0 Å². The minimum absolute atomic E-state index is 0.00822. The third kappa shape index (κ3) is 7.22. The van der Waals surface area contributed by atoms with Gasteiger partial charge in [-0.2, -0.15) is 8.42 Å². The Morgan fingerprint density at radius 1 is 1.24 bits per heavy atom. The Labute approximate surface area is 155 Å². The SMILES string of the molecule is CCS(=O)(=O)Oc1ccc(Cl)cc1CN(CCN(C)C)C(=O)C(C)C. The molecule has 1 rings (SSSR count). The van der Waals surface area contributed by atoms with E-state index in [0.29, 0.717) is 23.7 Å². The van der Waals surface area contributed by atoms with Crippen molar-refractivity contribution in [1.29, 1.82) is 0 Å². The Bertz CT molecular complexity index is 690. The Balaban J connectivity index is 3.13. The first-order valence-electron chi connectivity index (χ1n) is 8.19. The molecule has 142 valence electrons. The molecule has 0 heterocycles. The largest absolute Gasteiger partial charge is 0.382 e. The van der Waals surface area contributed by atoms with Crippen LogP contribution in [-0.4, -0.2) is 57.1 Å². The molecule has 0 N–H and O–H groups in total. The second-order valence-corrected chi connectivity index (χ2v) is 8.70. The maximum absolute atomic E-state index is 12.5. The van der Waals surface area contributed by atoms with Gasteiger partial charge in [0, 0.05) is 36.1 Å². The fourth-order valence-corrected chi connectivity index (χ4v) is 2.86. The van der Waals surface area contributed by atoms with E-state index < -0.39 is 10.1 Å². The highest BCUT2D eigenvalue weighted by atomic mass is 35.5. The number of hydrogen-bond donors (Lipinski definition) is 0. The van der Waals surface area contributed by atoms with E-state index in [0.717, 1.165) is 0 Å². The maximum Gasteiger partial charge on any atom is 0.308 e. The predicted octanol–water partition coefficient (Wildman–Crippen LogP) is 2.61. The summed E-state index contributed by atoms with van der Waals surface area (Å²) in [6.45, 7) is 6.64. The van der Waals surface area contributed by atoms with E-state index in [1.165, 1.54) is 13.0 Å². The topological polar surface area (TPSA) is 66.9 Å². The fourth-order valence-electron chi connectivity index (χ4n) is 2.11. The van der Waals surface area contributed by atoms with E-state index in [4.69, 9.17) is 15.8 Å². The van der Waals surface area contributed by atoms with Gasteiger partial charge in [0.05, 0.1) is 5.75 Å². The monoisotopic (exact) mass is 390 g/mol. The molecule has 0 unspecified atom stereocenters. The minimum Gasteiger partial charge on any atom is -0.382 e. The van der Waals surface area contributed by atoms with Gasteiger partial charge in [-0.05, 0) is 39.2 Å². The van der Waals surface area contributed by atoms with E-state index >= 15 is 0 Å². The van der Waals surface area contributed by atoms with Crippen molar-refractivity contribution < 1.29 is 17.4 Å². The molecule has 0 bridgehead atoms. The molecule has 0 saturated carbocycles. The number of carbonyl (C=O) groups is 1. The first-order chi connectivity index (χ1) is 11.6. The predicted molar refractivity (Wildman–Crippen MR) is 100 cm³/mol. The van der Waals surface area contributed by atoms with Gasteiger partial charge in [-0.3, -0.25) is 4.79 Å². The van der Waals surface area contributed by atoms with E-state index in [1.807, 2.05) is 32.8 Å². The zero-order valence-electron chi connectivity index (χ0n) is 15.5. The van der Waals surface area contributed by atoms with Gasteiger partial charge in [-0.15, -0.1) is 0 Å². The van der Waals surface area contributed by atoms with Crippen molar-refractivity contribution >= 4 is 27.6 Å². The van der Waals surface area contributed by atoms with Crippen LogP contribution in [0.15, 0.2) is 18.2 Å². The van der Waals surface area contributed by atoms with Crippen LogP contribution in [0.2, 0.25) is 5.02 Å². The highest BCUT2D eigenvalue weighted by molar-refractivity contribution is 7.87. The number of carbonyl (C=O) groups excluding carboxylic acids is 1. The zero-order valence-corrected chi connectivity index (χ0v) is 17.0. The molecule has 0 aliphatic heterocycles. The van der Waals surface area contributed by atoms with Crippen LogP contribution in [0, 0.1) is 5.92 Å². The lowest BCUT2D eigenvalue weighted by molar-refractivity contribution is -0.135. The van der Waals surface area contributed by atoms with Crippen molar-refractivity contribution in [2.24, 2.45) is 5.92 Å². The van der Waals surface area contributed by atoms with Gasteiger partial charge in [0.15, 0.2) is 0 Å². The Hall–Kier alpha value is -1.31. The first kappa shape index (κ1) is 21.7. The van der Waals surface area contributed by atoms with Crippen LogP contribution in [0.5, 0.6) is 5.75 Å². The Kier molecular flexibility index (Phi) is 8.18. The van der Waals surface area contributed by atoms with Crippen LogP contribution in [-0.2, 0) is 21.5 Å². The quantitative estimate of drug-likeness (QED) is 0.606. The number of benzene rings is 1. The molecule has 1 aromatic rings. The molecule has 0 spiro atoms. The molecule has 0 fully saturated rings. The number of likely N-dealkylation sites (N-methyl/N-ethyl adjacent to an activating group) is 1. The third-order valence-corrected chi connectivity index (χ3v) is 4.95. The van der Waals surface area contributed by atoms with Gasteiger partial charge in [-0.1, -0.05) is 25.4 Å². The summed E-state index contributed by atoms with van der Waals surface area (Å²) >= 11 is 6.06. The van der Waals surface area contributed by atoms with Crippen molar-refractivity contribution in [2.45, 2.75) is 27.3 Å². The molecule has 0 aliphatic carbocycles. The lowest BCUT2D eigenvalue weighted by Gasteiger charge is -2.27. The van der Waals surface area contributed by atoms with Gasteiger partial charge in [0.25, 0.3) is 0 Å². The van der Waals surface area contributed by atoms with Gasteiger partial charge in [-0.25, -0.2) is 0 Å². The lowest BCUT2D eigenvalue weighted by atomic mass is 10.1. The van der Waals surface area contributed by atoms with Crippen LogP contribution in [0.1, 0.15) is 26.3 Å². The highest BCUT2D eigenvalue weighted by Gasteiger charge is 2.21. The maximum atomic E-state index is 12.5. The summed E-state index contributed by atoms with van der Waals surface area (Å²) in [5.41, 5.74) is 0.567. The normalized spacial score (nSPS) is 11.8. The number of hydrogen-bond acceptors (Lipinski definition) is 5. The minimum atomic E-state index is -3.66. The molecule has 0 aromatic heterocycles. The average molecular weight is 391 g/mol. The summed E-state index contributed by atoms with van der Waals surface area (Å²) in [6.07, 6.45) is 0. The van der Waals surface area contributed by atoms with E-state index in [1.54, 1.807) is 17.0 Å². The van der Waals surface area contributed by atoms with Crippen LogP contribution in [0.25, 0.3) is 0 Å². The highest BCUT2D eigenvalue weighted by Crippen LogP contribution is 2.26. The Morgan fingerprint density at radius 3 is 2.40 bits per heavy atom. The molecule has 1 amide bonds. The molecule has 0 aliphatic rings. The molecule has 8 heteroatoms. The molecule has 1 aromatic carbocycles. The zero-order chi connectivity index (χ0) is 19.2. The van der Waals surface area contributed by atoms with Gasteiger partial charge < -0.3 is 14.0 Å². The van der Waals surface area contributed by atoms with Crippen LogP contribution in [0.3, 0.4) is 0 Å². The summed E-state index contributed by atoms with van der Waals surface area (Å²) in [4.78, 5) is 16.2. The van der Waals surface area contributed by atoms with Crippen LogP contribution < -0.4 is 4.18 Å². The third-order valence-electron chi connectivity index (χ3n) is 3.58. The Morgan fingerprint density at radius 2 is 1.88 bits per heavy atom. The van der Waals surface area contributed by atoms with Crippen molar-refractivity contribution in [1.82, 2.24) is 9.80 Å². The van der Waals surface area contributed by atoms with Crippen molar-refractivity contribution in [3.63, 3.8) is 0 Å². The standard InChI is InChI=1S/C17H27ClN2O4S/c1-6-25(22,23)24-16-8-7-15(18)11-14(16)12-20(10-9-19(4)5)17(21)13(2)3/h7-8,11,13H,6,9-10,12H2,1-5H3. The first-order valence-corrected chi connectivity index (χ1v) is 10.2. The summed E-state index contributed by atoms with van der Waals surface area (Å²) in [7, 11) is 0.200. The van der Waals surface area contributed by atoms with E-state index in [-0.39, 0.29) is 29.9 Å². The molecule has 0 radical (unpaired) electrons. The van der Waals surface area contributed by atoms with Crippen molar-refractivity contribution in [3.05, 3.63) is 28.8 Å². The molecule has 0 atom stereocenters. The van der Waals surface area contributed by atoms with Crippen LogP contribution in [0.4, 0.5) is 0 Å². The summed E-state index contributed by atoms with van der Waals surface area (Å²) in [6, 6.07) is 4.73. The number of halogens is 1. The lowest BCUT2D eigenvalue weighted by Crippen LogP contribution is -2.38. The number of rotatable bonds is 9. The number of nitrogens with zero attached hydrogens (tertiary/aromatic N) is 2. The number of amides is 1. The van der Waals surface area contributed by atoms with Gasteiger partial charge >= 0.3 is 10.1 Å². The summed E-state index contributed by atoms with van der Waals surface area (Å²) in [5.74, 6) is -0.0986. The molecular formula is C17H27ClN2O4S. The smallest absolute Gasteiger partial charge is 0.308 e. The molecule has 6 nitrogen and oxygen atoms in total. The fraction of sp³-hybridized carbons (Fsp3) is 0.588. The summed E-state index contributed by atoms with van der Waals surface area (Å²) < 4.78 is 28.8. The van der Waals surface area contributed by atoms with Crippen molar-refractivity contribution in [3.8, 4) is 5.75 Å². The second kappa shape index (κ2) is 9.40. The average Bonchev–Trinajstić information content (AvgIpc) is 2.52. The van der Waals surface area contributed by atoms with Crippen molar-refractivity contribution in [2.75, 3.05) is 32.9 Å². The molecular weight excluding hydrogens is 364 g/mol. The molecule has 25 heavy (non-hydrogen) atoms. The van der Waals surface area contributed by atoms with Crippen LogP contribution >= 0.6 is 11.6 Å². The van der Waals surface area contributed by atoms with Gasteiger partial charge in [0.2, 0.25) is 5.91 Å². The second-order valence-electron chi connectivity index (χ2n) is 6.40. The molecule has 0 saturated heterocycles. The van der Waals surface area contributed by atoms with E-state index in [9.17, 15) is 13.2 Å².